The molecule has 1 heterocycles. The molecule has 0 aromatic heterocycles. The first kappa shape index (κ1) is 12.4. The van der Waals surface area contributed by atoms with Crippen LogP contribution in [0.15, 0.2) is 35.9 Å². The third kappa shape index (κ3) is 2.46. The van der Waals surface area contributed by atoms with Crippen molar-refractivity contribution in [2.75, 3.05) is 18.5 Å². The number of phenolic OH excluding ortho intramolecular Hbond substituents is 1. The molecular formula is C13H19O3P. The maximum absolute atomic E-state index is 10.9. The first-order chi connectivity index (χ1) is 7.93. The molecule has 94 valence electrons. The van der Waals surface area contributed by atoms with E-state index in [1.54, 1.807) is 24.3 Å². The molecule has 0 aliphatic carbocycles. The Bertz CT molecular complexity index is 454. The fourth-order valence-electron chi connectivity index (χ4n) is 2.21. The molecule has 0 fully saturated rings. The van der Waals surface area contributed by atoms with Crippen molar-refractivity contribution >= 4 is 7.06 Å². The number of rotatable bonds is 3. The zero-order chi connectivity index (χ0) is 12.5. The van der Waals surface area contributed by atoms with Crippen LogP contribution in [-0.4, -0.2) is 28.5 Å². The van der Waals surface area contributed by atoms with Crippen LogP contribution in [0.25, 0.3) is 0 Å². The van der Waals surface area contributed by atoms with Crippen molar-refractivity contribution in [1.82, 2.24) is 0 Å². The zero-order valence-electron chi connectivity index (χ0n) is 10.3. The molecule has 2 rings (SSSR count). The van der Waals surface area contributed by atoms with E-state index >= 15 is 0 Å². The molecule has 4 heteroatoms. The molecule has 3 nitrogen and oxygen atoms in total. The molecule has 0 bridgehead atoms. The van der Waals surface area contributed by atoms with E-state index in [0.717, 1.165) is 0 Å². The van der Waals surface area contributed by atoms with Gasteiger partial charge in [-0.05, 0) is 0 Å². The van der Waals surface area contributed by atoms with Gasteiger partial charge in [-0.15, -0.1) is 0 Å². The summed E-state index contributed by atoms with van der Waals surface area (Å²) in [5, 5.41) is 9.23. The van der Waals surface area contributed by atoms with Gasteiger partial charge in [0.15, 0.2) is 0 Å². The van der Waals surface area contributed by atoms with Crippen LogP contribution in [0.2, 0.25) is 0 Å². The Morgan fingerprint density at radius 1 is 1.29 bits per heavy atom. The van der Waals surface area contributed by atoms with Gasteiger partial charge < -0.3 is 0 Å². The van der Waals surface area contributed by atoms with E-state index in [4.69, 9.17) is 4.52 Å². The summed E-state index contributed by atoms with van der Waals surface area (Å²) in [6.45, 7) is 4.01. The molecule has 2 N–H and O–H groups in total. The Balaban J connectivity index is 2.24. The number of phenols is 1. The van der Waals surface area contributed by atoms with Crippen molar-refractivity contribution in [3.63, 3.8) is 0 Å². The van der Waals surface area contributed by atoms with Crippen LogP contribution >= 0.6 is 7.06 Å². The molecule has 1 aliphatic rings. The summed E-state index contributed by atoms with van der Waals surface area (Å²) in [6, 6.07) is 6.54. The fourth-order valence-corrected chi connectivity index (χ4v) is 5.74. The van der Waals surface area contributed by atoms with E-state index < -0.39 is 7.06 Å². The second-order valence-corrected chi connectivity index (χ2v) is 9.48. The maximum atomic E-state index is 10.9. The molecule has 0 amide bonds. The van der Waals surface area contributed by atoms with Crippen LogP contribution in [0.1, 0.15) is 13.8 Å². The summed E-state index contributed by atoms with van der Waals surface area (Å²) in [4.78, 5) is 10.9. The molecule has 0 unspecified atom stereocenters. The first-order valence-corrected chi connectivity index (χ1v) is 8.50. The van der Waals surface area contributed by atoms with Crippen molar-refractivity contribution in [2.45, 2.75) is 13.8 Å². The predicted octanol–water partition coefficient (Wildman–Crippen LogP) is 3.13. The van der Waals surface area contributed by atoms with E-state index in [0.29, 0.717) is 24.2 Å². The molecule has 0 saturated heterocycles. The summed E-state index contributed by atoms with van der Waals surface area (Å²) < 4.78 is 5.95. The number of hydrogen-bond acceptors (Lipinski definition) is 3. The first-order valence-electron chi connectivity index (χ1n) is 5.84. The number of benzene rings is 1. The van der Waals surface area contributed by atoms with Crippen LogP contribution in [0.3, 0.4) is 0 Å². The molecule has 1 aromatic rings. The summed E-state index contributed by atoms with van der Waals surface area (Å²) in [7, 11) is -3.08. The fraction of sp³-hybridized carbons (Fsp3) is 0.385. The third-order valence-corrected chi connectivity index (χ3v) is 7.70. The second-order valence-electron chi connectivity index (χ2n) is 4.86. The van der Waals surface area contributed by atoms with Crippen molar-refractivity contribution in [2.24, 2.45) is 0 Å². The quantitative estimate of drug-likeness (QED) is 0.643. The Labute approximate surface area is 102 Å². The Morgan fingerprint density at radius 2 is 1.94 bits per heavy atom. The zero-order valence-corrected chi connectivity index (χ0v) is 11.2. The molecule has 0 radical (unpaired) electrons. The van der Waals surface area contributed by atoms with Gasteiger partial charge in [0.2, 0.25) is 0 Å². The van der Waals surface area contributed by atoms with Crippen molar-refractivity contribution in [1.29, 1.82) is 0 Å². The van der Waals surface area contributed by atoms with Gasteiger partial charge in [-0.25, -0.2) is 0 Å². The topological polar surface area (TPSA) is 49.7 Å². The van der Waals surface area contributed by atoms with E-state index in [-0.39, 0.29) is 5.75 Å². The van der Waals surface area contributed by atoms with E-state index in [9.17, 15) is 10.00 Å². The van der Waals surface area contributed by atoms with Gasteiger partial charge in [-0.1, -0.05) is 0 Å². The summed E-state index contributed by atoms with van der Waals surface area (Å²) in [5.74, 6) is 0.837. The van der Waals surface area contributed by atoms with Crippen LogP contribution in [0, 0.1) is 0 Å². The predicted molar refractivity (Wildman–Crippen MR) is 71.9 cm³/mol. The summed E-state index contributed by atoms with van der Waals surface area (Å²) in [6.07, 6.45) is 4.01. The van der Waals surface area contributed by atoms with Crippen LogP contribution in [0.4, 0.5) is 0 Å². The molecule has 0 atom stereocenters. The summed E-state index contributed by atoms with van der Waals surface area (Å²) in [5.41, 5.74) is 1.20. The number of allylic oxidation sites excluding steroid dienone is 2. The minimum absolute atomic E-state index is 0.205. The van der Waals surface area contributed by atoms with Gasteiger partial charge in [-0.2, -0.15) is 0 Å². The van der Waals surface area contributed by atoms with Gasteiger partial charge in [0.25, 0.3) is 0 Å². The monoisotopic (exact) mass is 254 g/mol. The van der Waals surface area contributed by atoms with Gasteiger partial charge in [0.05, 0.1) is 0 Å². The molecule has 17 heavy (non-hydrogen) atoms. The van der Waals surface area contributed by atoms with Crippen LogP contribution in [-0.2, 0) is 0 Å². The average molecular weight is 254 g/mol. The van der Waals surface area contributed by atoms with E-state index in [2.05, 4.69) is 6.08 Å². The molecule has 1 aromatic carbocycles. The molecule has 1 aliphatic heterocycles. The third-order valence-electron chi connectivity index (χ3n) is 3.36. The average Bonchev–Trinajstić information content (AvgIpc) is 2.61. The number of hydrogen-bond donors (Lipinski definition) is 2. The van der Waals surface area contributed by atoms with Gasteiger partial charge in [-0.3, -0.25) is 0 Å². The molecule has 0 spiro atoms. The van der Waals surface area contributed by atoms with E-state index in [1.165, 1.54) is 5.57 Å². The van der Waals surface area contributed by atoms with Crippen molar-refractivity contribution in [3.8, 4) is 11.5 Å². The normalized spacial score (nSPS) is 23.5. The van der Waals surface area contributed by atoms with Crippen molar-refractivity contribution < 1.29 is 14.5 Å². The Kier molecular flexibility index (Phi) is 2.92. The van der Waals surface area contributed by atoms with Crippen LogP contribution in [0.5, 0.6) is 11.5 Å². The van der Waals surface area contributed by atoms with E-state index in [1.807, 2.05) is 13.8 Å². The Morgan fingerprint density at radius 3 is 2.41 bits per heavy atom. The van der Waals surface area contributed by atoms with Crippen LogP contribution < -0.4 is 4.52 Å². The molecular weight excluding hydrogens is 235 g/mol. The SMILES string of the molecule is CCP1(O)(Oc2ccc(O)cc2)CC=C(C)C1. The Hall–Kier alpha value is -1.05. The van der Waals surface area contributed by atoms with Gasteiger partial charge in [0.1, 0.15) is 0 Å². The summed E-state index contributed by atoms with van der Waals surface area (Å²) >= 11 is 0. The van der Waals surface area contributed by atoms with Gasteiger partial charge in [0, 0.05) is 0 Å². The van der Waals surface area contributed by atoms with Gasteiger partial charge >= 0.3 is 101 Å². The number of aromatic hydroxyl groups is 1. The second kappa shape index (κ2) is 4.01. The standard InChI is InChI=1S/C13H19O3P/c1-3-17(15,9-8-11(2)10-17)16-13-6-4-12(14)5-7-13/h4-8,14-15H,3,9-10H2,1-2H3. The molecule has 0 saturated carbocycles. The van der Waals surface area contributed by atoms with Crippen molar-refractivity contribution in [3.05, 3.63) is 35.9 Å². The minimum atomic E-state index is -3.08.